The second kappa shape index (κ2) is 6.59. The van der Waals surface area contributed by atoms with Crippen LogP contribution in [0.5, 0.6) is 0 Å². The molecule has 0 bridgehead atoms. The highest BCUT2D eigenvalue weighted by Gasteiger charge is 2.12. The van der Waals surface area contributed by atoms with E-state index in [-0.39, 0.29) is 6.54 Å². The summed E-state index contributed by atoms with van der Waals surface area (Å²) >= 11 is 7.20. The summed E-state index contributed by atoms with van der Waals surface area (Å²) in [6, 6.07) is 12.1. The molecule has 0 aliphatic heterocycles. The third-order valence-electron chi connectivity index (χ3n) is 3.47. The molecule has 1 N–H and O–H groups in total. The van der Waals surface area contributed by atoms with Crippen LogP contribution in [0.4, 0.5) is 0 Å². The standard InChI is InChI=1S/C17H13ClN2O3S/c1-10-4-2-7-13-15(10)24-17(20(13)9-14(21)22)19-16(23)11-5-3-6-12(18)8-11/h2-8H,9H2,1H3,(H,21,22)/b19-17-. The first-order valence-electron chi connectivity index (χ1n) is 7.11. The zero-order valence-electron chi connectivity index (χ0n) is 12.7. The maximum absolute atomic E-state index is 12.4. The third kappa shape index (κ3) is 3.25. The highest BCUT2D eigenvalue weighted by Crippen LogP contribution is 2.21. The summed E-state index contributed by atoms with van der Waals surface area (Å²) < 4.78 is 2.45. The first-order chi connectivity index (χ1) is 11.5. The van der Waals surface area contributed by atoms with E-state index >= 15 is 0 Å². The van der Waals surface area contributed by atoms with Gasteiger partial charge in [-0.2, -0.15) is 4.99 Å². The zero-order chi connectivity index (χ0) is 17.3. The van der Waals surface area contributed by atoms with Crippen LogP contribution in [-0.2, 0) is 11.3 Å². The molecule has 0 aliphatic carbocycles. The summed E-state index contributed by atoms with van der Waals surface area (Å²) in [7, 11) is 0. The van der Waals surface area contributed by atoms with Gasteiger partial charge < -0.3 is 9.67 Å². The number of hydrogen-bond acceptors (Lipinski definition) is 3. The van der Waals surface area contributed by atoms with Gasteiger partial charge in [0.2, 0.25) is 0 Å². The number of aryl methyl sites for hydroxylation is 1. The molecule has 0 atom stereocenters. The lowest BCUT2D eigenvalue weighted by Gasteiger charge is -2.02. The number of benzene rings is 2. The lowest BCUT2D eigenvalue weighted by Crippen LogP contribution is -2.21. The van der Waals surface area contributed by atoms with E-state index in [4.69, 9.17) is 16.7 Å². The van der Waals surface area contributed by atoms with Crippen molar-refractivity contribution in [2.45, 2.75) is 13.5 Å². The summed E-state index contributed by atoms with van der Waals surface area (Å²) in [5.41, 5.74) is 2.12. The molecule has 0 aliphatic rings. The molecule has 3 rings (SSSR count). The Bertz CT molecular complexity index is 1020. The van der Waals surface area contributed by atoms with E-state index in [2.05, 4.69) is 4.99 Å². The van der Waals surface area contributed by atoms with Crippen molar-refractivity contribution in [3.05, 3.63) is 63.4 Å². The van der Waals surface area contributed by atoms with E-state index in [0.29, 0.717) is 15.4 Å². The van der Waals surface area contributed by atoms with Gasteiger partial charge in [0, 0.05) is 10.6 Å². The fraction of sp³-hybridized carbons (Fsp3) is 0.118. The Morgan fingerprint density at radius 2 is 2.00 bits per heavy atom. The van der Waals surface area contributed by atoms with Crippen LogP contribution in [0, 0.1) is 6.92 Å². The molecule has 1 aromatic heterocycles. The van der Waals surface area contributed by atoms with E-state index in [0.717, 1.165) is 15.8 Å². The number of carboxylic acids is 1. The lowest BCUT2D eigenvalue weighted by atomic mass is 10.2. The summed E-state index contributed by atoms with van der Waals surface area (Å²) in [5.74, 6) is -1.45. The number of nitrogens with zero attached hydrogens (tertiary/aromatic N) is 2. The van der Waals surface area contributed by atoms with Crippen LogP contribution in [0.2, 0.25) is 5.02 Å². The molecule has 122 valence electrons. The van der Waals surface area contributed by atoms with Crippen molar-refractivity contribution in [3.63, 3.8) is 0 Å². The molecule has 0 saturated heterocycles. The highest BCUT2D eigenvalue weighted by molar-refractivity contribution is 7.16. The average molecular weight is 361 g/mol. The van der Waals surface area contributed by atoms with Crippen LogP contribution < -0.4 is 4.80 Å². The molecule has 0 saturated carbocycles. The largest absolute Gasteiger partial charge is 0.480 e. The molecule has 24 heavy (non-hydrogen) atoms. The van der Waals surface area contributed by atoms with Crippen molar-refractivity contribution in [1.82, 2.24) is 4.57 Å². The van der Waals surface area contributed by atoms with Gasteiger partial charge in [0.1, 0.15) is 6.54 Å². The maximum Gasteiger partial charge on any atom is 0.323 e. The lowest BCUT2D eigenvalue weighted by molar-refractivity contribution is -0.137. The SMILES string of the molecule is Cc1cccc2c1s/c(=N\C(=O)c1cccc(Cl)c1)n2CC(=O)O. The Kier molecular flexibility index (Phi) is 4.51. The highest BCUT2D eigenvalue weighted by atomic mass is 35.5. The summed E-state index contributed by atoms with van der Waals surface area (Å²) in [6.07, 6.45) is 0. The van der Waals surface area contributed by atoms with Gasteiger partial charge in [-0.15, -0.1) is 0 Å². The third-order valence-corrected chi connectivity index (χ3v) is 4.93. The number of fused-ring (bicyclic) bond motifs is 1. The van der Waals surface area contributed by atoms with Gasteiger partial charge in [0.05, 0.1) is 10.2 Å². The van der Waals surface area contributed by atoms with Crippen molar-refractivity contribution in [3.8, 4) is 0 Å². The van der Waals surface area contributed by atoms with Crippen molar-refractivity contribution in [1.29, 1.82) is 0 Å². The minimum Gasteiger partial charge on any atom is -0.480 e. The number of aliphatic carboxylic acids is 1. The number of carbonyl (C=O) groups excluding carboxylic acids is 1. The van der Waals surface area contributed by atoms with E-state index < -0.39 is 11.9 Å². The molecule has 3 aromatic rings. The minimum absolute atomic E-state index is 0.259. The molecule has 5 nitrogen and oxygen atoms in total. The molecule has 7 heteroatoms. The monoisotopic (exact) mass is 360 g/mol. The van der Waals surface area contributed by atoms with Crippen LogP contribution in [0.3, 0.4) is 0 Å². The van der Waals surface area contributed by atoms with Gasteiger partial charge in [0.15, 0.2) is 4.80 Å². The number of carboxylic acid groups (broad SMARTS) is 1. The topological polar surface area (TPSA) is 71.7 Å². The predicted octanol–water partition coefficient (Wildman–Crippen LogP) is 3.49. The number of halogens is 1. The van der Waals surface area contributed by atoms with Crippen molar-refractivity contribution >= 4 is 45.0 Å². The normalized spacial score (nSPS) is 11.8. The second-order valence-corrected chi connectivity index (χ2v) is 6.63. The molecule has 0 unspecified atom stereocenters. The Labute approximate surface area is 146 Å². The van der Waals surface area contributed by atoms with Crippen molar-refractivity contribution in [2.75, 3.05) is 0 Å². The first-order valence-corrected chi connectivity index (χ1v) is 8.30. The molecule has 0 spiro atoms. The smallest absolute Gasteiger partial charge is 0.323 e. The fourth-order valence-corrected chi connectivity index (χ4v) is 3.66. The Balaban J connectivity index is 2.19. The number of amides is 1. The molecular formula is C17H13ClN2O3S. The van der Waals surface area contributed by atoms with Crippen molar-refractivity contribution in [2.24, 2.45) is 4.99 Å². The molecule has 2 aromatic carbocycles. The predicted molar refractivity (Wildman–Crippen MR) is 93.5 cm³/mol. The van der Waals surface area contributed by atoms with E-state index in [1.165, 1.54) is 22.0 Å². The van der Waals surface area contributed by atoms with Crippen LogP contribution in [0.25, 0.3) is 10.2 Å². The Morgan fingerprint density at radius 3 is 2.71 bits per heavy atom. The average Bonchev–Trinajstić information content (AvgIpc) is 2.86. The van der Waals surface area contributed by atoms with E-state index in [9.17, 15) is 9.59 Å². The Hall–Kier alpha value is -2.44. The molecule has 0 fully saturated rings. The van der Waals surface area contributed by atoms with Crippen molar-refractivity contribution < 1.29 is 14.7 Å². The Morgan fingerprint density at radius 1 is 1.25 bits per heavy atom. The minimum atomic E-state index is -0.993. The van der Waals surface area contributed by atoms with E-state index in [1.54, 1.807) is 18.2 Å². The number of carbonyl (C=O) groups is 2. The number of rotatable bonds is 3. The van der Waals surface area contributed by atoms with Crippen LogP contribution >= 0.6 is 22.9 Å². The van der Waals surface area contributed by atoms with Crippen LogP contribution in [-0.4, -0.2) is 21.6 Å². The van der Waals surface area contributed by atoms with Crippen LogP contribution in [0.1, 0.15) is 15.9 Å². The maximum atomic E-state index is 12.4. The van der Waals surface area contributed by atoms with Gasteiger partial charge in [-0.05, 0) is 36.8 Å². The van der Waals surface area contributed by atoms with Crippen LogP contribution in [0.15, 0.2) is 47.5 Å². The summed E-state index contributed by atoms with van der Waals surface area (Å²) in [6.45, 7) is 1.68. The quantitative estimate of drug-likeness (QED) is 0.777. The number of aromatic nitrogens is 1. The number of thiazole rings is 1. The number of hydrogen-bond donors (Lipinski definition) is 1. The molecule has 1 heterocycles. The summed E-state index contributed by atoms with van der Waals surface area (Å²) in [4.78, 5) is 28.1. The van der Waals surface area contributed by atoms with Gasteiger partial charge in [-0.25, -0.2) is 0 Å². The van der Waals surface area contributed by atoms with Gasteiger partial charge in [-0.3, -0.25) is 9.59 Å². The van der Waals surface area contributed by atoms with Gasteiger partial charge in [-0.1, -0.05) is 41.1 Å². The van der Waals surface area contributed by atoms with Gasteiger partial charge in [0.25, 0.3) is 5.91 Å². The van der Waals surface area contributed by atoms with Gasteiger partial charge >= 0.3 is 5.97 Å². The van der Waals surface area contributed by atoms with E-state index in [1.807, 2.05) is 25.1 Å². The first kappa shape index (κ1) is 16.4. The zero-order valence-corrected chi connectivity index (χ0v) is 14.3. The fourth-order valence-electron chi connectivity index (χ4n) is 2.38. The molecular weight excluding hydrogens is 348 g/mol. The molecule has 0 radical (unpaired) electrons. The summed E-state index contributed by atoms with van der Waals surface area (Å²) in [5, 5.41) is 9.61. The second-order valence-electron chi connectivity index (χ2n) is 5.21. The molecule has 1 amide bonds.